The lowest BCUT2D eigenvalue weighted by Gasteiger charge is -2.32. The molecule has 0 amide bonds. The van der Waals surface area contributed by atoms with E-state index in [1.807, 2.05) is 6.92 Å². The van der Waals surface area contributed by atoms with E-state index >= 15 is 0 Å². The van der Waals surface area contributed by atoms with Gasteiger partial charge in [0.25, 0.3) is 5.56 Å². The van der Waals surface area contributed by atoms with Gasteiger partial charge in [-0.2, -0.15) is 0 Å². The van der Waals surface area contributed by atoms with Gasteiger partial charge in [0.2, 0.25) is 0 Å². The molecule has 0 aromatic carbocycles. The Kier molecular flexibility index (Phi) is 7.90. The zero-order valence-electron chi connectivity index (χ0n) is 19.2. The third-order valence-electron chi connectivity index (χ3n) is 5.28. The number of cyclic esters (lactones) is 1. The van der Waals surface area contributed by atoms with Crippen LogP contribution in [0.5, 0.6) is 0 Å². The molecule has 0 spiro atoms. The minimum atomic E-state index is -1.92. The molecule has 0 saturated carbocycles. The van der Waals surface area contributed by atoms with E-state index in [4.69, 9.17) is 9.47 Å². The molecule has 1 aromatic heterocycles. The Morgan fingerprint density at radius 2 is 2.00 bits per heavy atom. The fourth-order valence-electron chi connectivity index (χ4n) is 3.42. The molecular formula is C23H29FN2O6. The summed E-state index contributed by atoms with van der Waals surface area (Å²) in [5, 5.41) is 10.8. The topological polar surface area (TPSA) is 107 Å². The molecule has 1 aliphatic rings. The third kappa shape index (κ3) is 5.04. The zero-order chi connectivity index (χ0) is 24.2. The van der Waals surface area contributed by atoms with E-state index in [0.717, 1.165) is 6.08 Å². The van der Waals surface area contributed by atoms with Crippen molar-refractivity contribution in [3.8, 4) is 0 Å². The maximum Gasteiger partial charge on any atom is 0.343 e. The number of halogens is 1. The second-order valence-electron chi connectivity index (χ2n) is 7.69. The summed E-state index contributed by atoms with van der Waals surface area (Å²) in [4.78, 5) is 40.9. The number of ether oxygens (including phenoxy) is 2. The molecule has 174 valence electrons. The normalized spacial score (nSPS) is 19.8. The quantitative estimate of drug-likeness (QED) is 0.297. The van der Waals surface area contributed by atoms with Crippen LogP contribution >= 0.6 is 0 Å². The van der Waals surface area contributed by atoms with Gasteiger partial charge in [0, 0.05) is 24.7 Å². The molecule has 32 heavy (non-hydrogen) atoms. The van der Waals surface area contributed by atoms with E-state index in [2.05, 4.69) is 4.99 Å². The number of hydrogen-bond donors (Lipinski definition) is 1. The molecular weight excluding hydrogens is 419 g/mol. The number of allylic oxidation sites excluding steroid dienone is 4. The Morgan fingerprint density at radius 3 is 2.59 bits per heavy atom. The summed E-state index contributed by atoms with van der Waals surface area (Å²) in [6.07, 6.45) is 1.94. The minimum absolute atomic E-state index is 0.0343. The first-order valence-electron chi connectivity index (χ1n) is 10.4. The molecule has 1 N–H and O–H groups in total. The largest absolute Gasteiger partial charge is 0.458 e. The van der Waals surface area contributed by atoms with Crippen molar-refractivity contribution in [3.63, 3.8) is 0 Å². The summed E-state index contributed by atoms with van der Waals surface area (Å²) in [7, 11) is 1.54. The van der Waals surface area contributed by atoms with Crippen LogP contribution in [0.3, 0.4) is 0 Å². The predicted octanol–water partition coefficient (Wildman–Crippen LogP) is 3.30. The number of aliphatic hydroxyl groups is 1. The van der Waals surface area contributed by atoms with E-state index in [1.54, 1.807) is 20.8 Å². The van der Waals surface area contributed by atoms with Gasteiger partial charge in [0.1, 0.15) is 12.4 Å². The number of aromatic nitrogens is 1. The van der Waals surface area contributed by atoms with Gasteiger partial charge in [-0.25, -0.2) is 9.18 Å². The number of esters is 2. The monoisotopic (exact) mass is 448 g/mol. The first-order valence-corrected chi connectivity index (χ1v) is 10.4. The maximum absolute atomic E-state index is 14.4. The Morgan fingerprint density at radius 1 is 1.34 bits per heavy atom. The van der Waals surface area contributed by atoms with E-state index in [0.29, 0.717) is 17.8 Å². The standard InChI is InChI=1S/C23H29FN2O6/c1-7-9-20(27)32-15(5)18(24)10-13(3)25-14(4)19-11-17-16(21(28)26(19)6)12-31-22(29)23(17,30)8-2/h10-11,30H,7-9,12H2,1-6H3/b13-10+,18-15-,25-14+/t23-/m0/s1. The van der Waals surface area contributed by atoms with Gasteiger partial charge in [-0.3, -0.25) is 14.6 Å². The van der Waals surface area contributed by atoms with Crippen LogP contribution in [-0.2, 0) is 38.3 Å². The van der Waals surface area contributed by atoms with Crippen molar-refractivity contribution in [1.82, 2.24) is 4.57 Å². The summed E-state index contributed by atoms with van der Waals surface area (Å²) in [5.74, 6) is -2.23. The number of carbonyl (C=O) groups is 2. The maximum atomic E-state index is 14.4. The van der Waals surface area contributed by atoms with E-state index in [1.165, 1.54) is 24.6 Å². The number of hydrogen-bond acceptors (Lipinski definition) is 7. The molecule has 2 rings (SSSR count). The summed E-state index contributed by atoms with van der Waals surface area (Å²) in [6, 6.07) is 1.54. The van der Waals surface area contributed by atoms with Crippen molar-refractivity contribution in [1.29, 1.82) is 0 Å². The Labute approximate surface area is 186 Å². The van der Waals surface area contributed by atoms with Crippen LogP contribution in [-0.4, -0.2) is 27.3 Å². The molecule has 2 heterocycles. The van der Waals surface area contributed by atoms with Crippen LogP contribution in [0.2, 0.25) is 0 Å². The second-order valence-corrected chi connectivity index (χ2v) is 7.69. The number of pyridine rings is 1. The van der Waals surface area contributed by atoms with Crippen LogP contribution in [0.25, 0.3) is 0 Å². The molecule has 0 aliphatic carbocycles. The highest BCUT2D eigenvalue weighted by atomic mass is 19.1. The average molecular weight is 448 g/mol. The summed E-state index contributed by atoms with van der Waals surface area (Å²) >= 11 is 0. The number of carbonyl (C=O) groups excluding carboxylic acids is 2. The van der Waals surface area contributed by atoms with Crippen LogP contribution in [0, 0.1) is 0 Å². The number of nitrogens with zero attached hydrogens (tertiary/aromatic N) is 2. The van der Waals surface area contributed by atoms with Gasteiger partial charge in [-0.05, 0) is 45.8 Å². The van der Waals surface area contributed by atoms with Gasteiger partial charge >= 0.3 is 11.9 Å². The molecule has 1 aromatic rings. The lowest BCUT2D eigenvalue weighted by atomic mass is 9.86. The summed E-state index contributed by atoms with van der Waals surface area (Å²) in [6.45, 7) is 7.75. The van der Waals surface area contributed by atoms with Crippen molar-refractivity contribution in [2.45, 2.75) is 66.1 Å². The van der Waals surface area contributed by atoms with Crippen LogP contribution < -0.4 is 5.56 Å². The van der Waals surface area contributed by atoms with Crippen LogP contribution in [0.1, 0.15) is 70.7 Å². The molecule has 9 heteroatoms. The van der Waals surface area contributed by atoms with Crippen molar-refractivity contribution < 1.29 is 28.6 Å². The lowest BCUT2D eigenvalue weighted by molar-refractivity contribution is -0.172. The van der Waals surface area contributed by atoms with Gasteiger partial charge < -0.3 is 19.1 Å². The Balaban J connectivity index is 2.47. The highest BCUT2D eigenvalue weighted by Crippen LogP contribution is 2.33. The van der Waals surface area contributed by atoms with Crippen molar-refractivity contribution >= 4 is 17.7 Å². The Bertz CT molecular complexity index is 1080. The highest BCUT2D eigenvalue weighted by molar-refractivity contribution is 5.98. The second kappa shape index (κ2) is 10.0. The number of aliphatic imine (C=N–C) groups is 1. The fourth-order valence-corrected chi connectivity index (χ4v) is 3.42. The SMILES string of the molecule is CCCC(=O)O/C(C)=C(F)/C=C(C)/N=C(\C)c1cc2c(c(=O)n1C)COC(=O)[C@]2(O)CC. The van der Waals surface area contributed by atoms with E-state index < -0.39 is 28.9 Å². The number of fused-ring (bicyclic) bond motifs is 1. The summed E-state index contributed by atoms with van der Waals surface area (Å²) in [5.41, 5.74) is -0.950. The van der Waals surface area contributed by atoms with Gasteiger partial charge in [0.05, 0.1) is 17.0 Å². The highest BCUT2D eigenvalue weighted by Gasteiger charge is 2.44. The Hall–Kier alpha value is -3.07. The van der Waals surface area contributed by atoms with Crippen LogP contribution in [0.4, 0.5) is 4.39 Å². The molecule has 0 saturated heterocycles. The molecule has 0 unspecified atom stereocenters. The molecule has 0 radical (unpaired) electrons. The molecule has 0 bridgehead atoms. The average Bonchev–Trinajstić information content (AvgIpc) is 2.72. The number of rotatable bonds is 7. The minimum Gasteiger partial charge on any atom is -0.458 e. The van der Waals surface area contributed by atoms with Crippen molar-refractivity contribution in [3.05, 3.63) is 56.6 Å². The zero-order valence-corrected chi connectivity index (χ0v) is 19.2. The molecule has 1 atom stereocenters. The smallest absolute Gasteiger partial charge is 0.343 e. The van der Waals surface area contributed by atoms with Gasteiger partial charge in [0.15, 0.2) is 11.4 Å². The molecule has 8 nitrogen and oxygen atoms in total. The van der Waals surface area contributed by atoms with Gasteiger partial charge in [-0.1, -0.05) is 13.8 Å². The third-order valence-corrected chi connectivity index (χ3v) is 5.28. The first kappa shape index (κ1) is 25.2. The van der Waals surface area contributed by atoms with E-state index in [9.17, 15) is 23.9 Å². The van der Waals surface area contributed by atoms with Crippen molar-refractivity contribution in [2.24, 2.45) is 12.0 Å². The molecule has 1 aliphatic heterocycles. The fraction of sp³-hybridized carbons (Fsp3) is 0.478. The lowest BCUT2D eigenvalue weighted by Crippen LogP contribution is -2.44. The van der Waals surface area contributed by atoms with E-state index in [-0.39, 0.29) is 42.0 Å². The van der Waals surface area contributed by atoms with Gasteiger partial charge in [-0.15, -0.1) is 0 Å². The van der Waals surface area contributed by atoms with Crippen LogP contribution in [0.15, 0.2) is 39.2 Å². The first-order chi connectivity index (χ1) is 15.0. The summed E-state index contributed by atoms with van der Waals surface area (Å²) < 4.78 is 25.7. The predicted molar refractivity (Wildman–Crippen MR) is 116 cm³/mol. The van der Waals surface area contributed by atoms with Crippen molar-refractivity contribution in [2.75, 3.05) is 0 Å². The molecule has 0 fully saturated rings.